The Morgan fingerprint density at radius 2 is 1.96 bits per heavy atom. The minimum Gasteiger partial charge on any atom is -0.386 e. The number of guanidine groups is 1. The number of benzene rings is 2. The van der Waals surface area contributed by atoms with Crippen LogP contribution in [0.5, 0.6) is 0 Å². The molecule has 5 N–H and O–H groups in total. The van der Waals surface area contributed by atoms with Crippen molar-refractivity contribution in [2.24, 2.45) is 10.7 Å². The smallest absolute Gasteiger partial charge is 0.248 e. The third kappa shape index (κ3) is 5.66. The van der Waals surface area contributed by atoms with Gasteiger partial charge >= 0.3 is 0 Å². The van der Waals surface area contributed by atoms with Crippen molar-refractivity contribution in [2.75, 3.05) is 13.6 Å². The normalized spacial score (nSPS) is 12.3. The number of hydrogen-bond acceptors (Lipinski definition) is 4. The summed E-state index contributed by atoms with van der Waals surface area (Å²) >= 11 is 1.59. The summed E-state index contributed by atoms with van der Waals surface area (Å²) in [5.41, 5.74) is 6.69. The van der Waals surface area contributed by atoms with E-state index >= 15 is 0 Å². The zero-order valence-corrected chi connectivity index (χ0v) is 18.5. The van der Waals surface area contributed by atoms with E-state index in [-0.39, 0.29) is 24.0 Å². The summed E-state index contributed by atoms with van der Waals surface area (Å²) in [4.78, 5) is 16.3. The monoisotopic (exact) mass is 510 g/mol. The number of aliphatic hydroxyl groups excluding tert-OH is 1. The van der Waals surface area contributed by atoms with E-state index in [1.165, 1.54) is 0 Å². The van der Waals surface area contributed by atoms with Crippen LogP contribution in [0, 0.1) is 0 Å². The number of hydrogen-bond donors (Lipinski definition) is 4. The minimum atomic E-state index is -0.626. The molecule has 148 valence electrons. The first-order chi connectivity index (χ1) is 13.1. The first-order valence-corrected chi connectivity index (χ1v) is 9.38. The average molecular weight is 510 g/mol. The third-order valence-corrected chi connectivity index (χ3v) is 5.35. The van der Waals surface area contributed by atoms with E-state index in [0.717, 1.165) is 20.5 Å². The summed E-state index contributed by atoms with van der Waals surface area (Å²) in [6.07, 6.45) is -0.626. The lowest BCUT2D eigenvalue weighted by molar-refractivity contribution is 0.1000. The zero-order valence-electron chi connectivity index (χ0n) is 15.4. The highest BCUT2D eigenvalue weighted by Gasteiger charge is 2.12. The van der Waals surface area contributed by atoms with Gasteiger partial charge in [-0.3, -0.25) is 9.79 Å². The Hall–Kier alpha value is -2.17. The first kappa shape index (κ1) is 22.1. The van der Waals surface area contributed by atoms with E-state index in [9.17, 15) is 9.90 Å². The Morgan fingerprint density at radius 1 is 1.18 bits per heavy atom. The fourth-order valence-corrected chi connectivity index (χ4v) is 3.75. The van der Waals surface area contributed by atoms with Crippen LogP contribution in [0.3, 0.4) is 0 Å². The van der Waals surface area contributed by atoms with E-state index in [2.05, 4.69) is 15.6 Å². The number of rotatable bonds is 6. The molecule has 1 amide bonds. The summed E-state index contributed by atoms with van der Waals surface area (Å²) in [6.45, 7) is 0.827. The van der Waals surface area contributed by atoms with Gasteiger partial charge in [0, 0.05) is 35.3 Å². The van der Waals surface area contributed by atoms with Crippen molar-refractivity contribution < 1.29 is 9.90 Å². The van der Waals surface area contributed by atoms with Gasteiger partial charge in [0.1, 0.15) is 6.10 Å². The Labute approximate surface area is 184 Å². The fourth-order valence-electron chi connectivity index (χ4n) is 2.70. The second-order valence-electron chi connectivity index (χ2n) is 6.07. The van der Waals surface area contributed by atoms with Crippen LogP contribution in [0.4, 0.5) is 0 Å². The van der Waals surface area contributed by atoms with E-state index in [1.807, 2.05) is 36.4 Å². The van der Waals surface area contributed by atoms with Gasteiger partial charge in [0.15, 0.2) is 5.96 Å². The molecule has 1 aromatic heterocycles. The second-order valence-corrected chi connectivity index (χ2v) is 7.19. The van der Waals surface area contributed by atoms with Crippen LogP contribution in [-0.4, -0.2) is 30.6 Å². The van der Waals surface area contributed by atoms with Gasteiger partial charge in [-0.05, 0) is 35.2 Å². The molecule has 1 atom stereocenters. The molecule has 6 nitrogen and oxygen atoms in total. The molecule has 1 unspecified atom stereocenters. The molecule has 0 aliphatic rings. The summed E-state index contributed by atoms with van der Waals surface area (Å²) in [7, 11) is 1.67. The molecule has 0 saturated heterocycles. The number of thiophene rings is 1. The second kappa shape index (κ2) is 10.4. The number of halogens is 1. The van der Waals surface area contributed by atoms with Gasteiger partial charge in [-0.25, -0.2) is 0 Å². The molecule has 1 heterocycles. The van der Waals surface area contributed by atoms with E-state index in [1.54, 1.807) is 36.6 Å². The van der Waals surface area contributed by atoms with Crippen LogP contribution in [0.2, 0.25) is 0 Å². The van der Waals surface area contributed by atoms with Crippen molar-refractivity contribution in [1.82, 2.24) is 10.6 Å². The summed E-state index contributed by atoms with van der Waals surface area (Å²) in [6, 6.07) is 17.2. The van der Waals surface area contributed by atoms with Gasteiger partial charge in [-0.2, -0.15) is 0 Å². The van der Waals surface area contributed by atoms with Crippen LogP contribution in [0.1, 0.15) is 26.9 Å². The molecule has 0 spiro atoms. The molecule has 0 bridgehead atoms. The van der Waals surface area contributed by atoms with Gasteiger partial charge in [0.05, 0.1) is 0 Å². The molecular weight excluding hydrogens is 487 g/mol. The van der Waals surface area contributed by atoms with E-state index < -0.39 is 12.0 Å². The maximum absolute atomic E-state index is 11.3. The molecule has 3 rings (SSSR count). The number of primary amides is 1. The quantitative estimate of drug-likeness (QED) is 0.233. The van der Waals surface area contributed by atoms with Crippen LogP contribution in [0.15, 0.2) is 59.6 Å². The molecule has 0 saturated carbocycles. The zero-order chi connectivity index (χ0) is 19.2. The number of carbonyl (C=O) groups is 1. The van der Waals surface area contributed by atoms with Crippen molar-refractivity contribution in [3.8, 4) is 0 Å². The lowest BCUT2D eigenvalue weighted by Crippen LogP contribution is -2.38. The van der Waals surface area contributed by atoms with Gasteiger partial charge in [0.25, 0.3) is 0 Å². The van der Waals surface area contributed by atoms with Crippen molar-refractivity contribution in [1.29, 1.82) is 0 Å². The topological polar surface area (TPSA) is 99.7 Å². The highest BCUT2D eigenvalue weighted by Crippen LogP contribution is 2.29. The lowest BCUT2D eigenvalue weighted by Gasteiger charge is -2.15. The van der Waals surface area contributed by atoms with Gasteiger partial charge in [-0.15, -0.1) is 35.3 Å². The number of nitrogens with one attached hydrogen (secondary N) is 2. The fraction of sp³-hybridized carbons (Fsp3) is 0.200. The maximum atomic E-state index is 11.3. The van der Waals surface area contributed by atoms with Gasteiger partial charge in [-0.1, -0.05) is 30.3 Å². The third-order valence-electron chi connectivity index (χ3n) is 4.13. The van der Waals surface area contributed by atoms with E-state index in [4.69, 9.17) is 5.73 Å². The van der Waals surface area contributed by atoms with Crippen LogP contribution < -0.4 is 16.4 Å². The molecule has 3 aromatic rings. The van der Waals surface area contributed by atoms with Crippen LogP contribution >= 0.6 is 35.3 Å². The highest BCUT2D eigenvalue weighted by molar-refractivity contribution is 14.0. The molecule has 28 heavy (non-hydrogen) atoms. The standard InChI is InChI=1S/C20H22N4O2S.HI/c1-22-20(23-11-13-5-4-7-15(9-13)19(21)26)24-12-16(25)18-10-14-6-2-3-8-17(14)27-18;/h2-10,16,25H,11-12H2,1H3,(H2,21,26)(H2,22,23,24);1H. The van der Waals surface area contributed by atoms with Gasteiger partial charge < -0.3 is 21.5 Å². The van der Waals surface area contributed by atoms with Crippen molar-refractivity contribution in [3.63, 3.8) is 0 Å². The first-order valence-electron chi connectivity index (χ1n) is 8.56. The number of nitrogens with two attached hydrogens (primary N) is 1. The summed E-state index contributed by atoms with van der Waals surface area (Å²) < 4.78 is 1.16. The van der Waals surface area contributed by atoms with Crippen molar-refractivity contribution in [3.05, 3.63) is 70.6 Å². The summed E-state index contributed by atoms with van der Waals surface area (Å²) in [5, 5.41) is 17.9. The van der Waals surface area contributed by atoms with Crippen molar-refractivity contribution in [2.45, 2.75) is 12.6 Å². The largest absolute Gasteiger partial charge is 0.386 e. The van der Waals surface area contributed by atoms with Gasteiger partial charge in [0.2, 0.25) is 5.91 Å². The molecule has 0 fully saturated rings. The molecule has 0 aliphatic carbocycles. The number of amides is 1. The predicted molar refractivity (Wildman–Crippen MR) is 125 cm³/mol. The average Bonchev–Trinajstić information content (AvgIpc) is 3.12. The van der Waals surface area contributed by atoms with Crippen molar-refractivity contribution >= 4 is 57.3 Å². The Kier molecular flexibility index (Phi) is 8.21. The SMILES string of the molecule is CN=C(NCc1cccc(C(N)=O)c1)NCC(O)c1cc2ccccc2s1.I. The van der Waals surface area contributed by atoms with E-state index in [0.29, 0.717) is 24.6 Å². The number of nitrogens with zero attached hydrogens (tertiary/aromatic N) is 1. The molecule has 0 aliphatic heterocycles. The highest BCUT2D eigenvalue weighted by atomic mass is 127. The predicted octanol–water partition coefficient (Wildman–Crippen LogP) is 3.02. The number of aliphatic hydroxyl groups is 1. The maximum Gasteiger partial charge on any atom is 0.248 e. The Balaban J connectivity index is 0.00000280. The van der Waals surface area contributed by atoms with Crippen LogP contribution in [-0.2, 0) is 6.54 Å². The Morgan fingerprint density at radius 3 is 2.68 bits per heavy atom. The Bertz CT molecular complexity index is 941. The molecule has 0 radical (unpaired) electrons. The minimum absolute atomic E-state index is 0. The number of aliphatic imine (C=N–C) groups is 1. The number of fused-ring (bicyclic) bond motifs is 1. The molecule has 2 aromatic carbocycles. The lowest BCUT2D eigenvalue weighted by atomic mass is 10.1. The number of carbonyl (C=O) groups excluding carboxylic acids is 1. The van der Waals surface area contributed by atoms with Crippen LogP contribution in [0.25, 0.3) is 10.1 Å². The molecule has 8 heteroatoms. The summed E-state index contributed by atoms with van der Waals surface area (Å²) in [5.74, 6) is 0.116. The molecular formula is C20H23IN4O2S.